The van der Waals surface area contributed by atoms with Crippen molar-refractivity contribution in [2.75, 3.05) is 0 Å². The highest BCUT2D eigenvalue weighted by Crippen LogP contribution is 2.34. The minimum atomic E-state index is -4.44. The highest BCUT2D eigenvalue weighted by molar-refractivity contribution is 6.32. The lowest BCUT2D eigenvalue weighted by molar-refractivity contribution is -0.137. The second-order valence-electron chi connectivity index (χ2n) is 5.29. The minimum absolute atomic E-state index is 0.213. The number of H-pyrrole nitrogens is 1. The van der Waals surface area contributed by atoms with Gasteiger partial charge in [-0.3, -0.25) is 0 Å². The van der Waals surface area contributed by atoms with E-state index in [1.807, 2.05) is 0 Å². The SMILES string of the molecule is FC(F)(F)c1ccc(Cl)c(-n2ccc(-c3ncnc4nc[nH]c34)c2)c1. The maximum Gasteiger partial charge on any atom is 0.416 e. The second kappa shape index (κ2) is 5.59. The predicted octanol–water partition coefficient (Wildman–Crippen LogP) is 4.48. The molecule has 126 valence electrons. The van der Waals surface area contributed by atoms with E-state index in [2.05, 4.69) is 19.9 Å². The number of nitrogens with one attached hydrogen (secondary N) is 1. The normalized spacial score (nSPS) is 12.0. The van der Waals surface area contributed by atoms with Gasteiger partial charge >= 0.3 is 6.18 Å². The van der Waals surface area contributed by atoms with Crippen molar-refractivity contribution in [2.45, 2.75) is 6.18 Å². The molecule has 0 unspecified atom stereocenters. The van der Waals surface area contributed by atoms with Crippen LogP contribution in [0.4, 0.5) is 13.2 Å². The summed E-state index contributed by atoms with van der Waals surface area (Å²) in [5.74, 6) is 0. The number of hydrogen-bond donors (Lipinski definition) is 1. The molecule has 0 fully saturated rings. The minimum Gasteiger partial charge on any atom is -0.341 e. The molecule has 4 rings (SSSR count). The molecule has 25 heavy (non-hydrogen) atoms. The smallest absolute Gasteiger partial charge is 0.341 e. The van der Waals surface area contributed by atoms with Crippen molar-refractivity contribution in [2.24, 2.45) is 0 Å². The van der Waals surface area contributed by atoms with Crippen LogP contribution in [0.15, 0.2) is 49.3 Å². The van der Waals surface area contributed by atoms with Gasteiger partial charge in [0.1, 0.15) is 17.5 Å². The molecule has 0 radical (unpaired) electrons. The molecule has 0 atom stereocenters. The van der Waals surface area contributed by atoms with E-state index in [1.54, 1.807) is 18.5 Å². The molecule has 0 saturated heterocycles. The van der Waals surface area contributed by atoms with Gasteiger partial charge in [0, 0.05) is 18.0 Å². The summed E-state index contributed by atoms with van der Waals surface area (Å²) in [4.78, 5) is 15.3. The average Bonchev–Trinajstić information content (AvgIpc) is 3.23. The molecule has 3 heterocycles. The second-order valence-corrected chi connectivity index (χ2v) is 5.70. The van der Waals surface area contributed by atoms with Crippen LogP contribution in [0, 0.1) is 0 Å². The fourth-order valence-corrected chi connectivity index (χ4v) is 2.77. The molecule has 0 aliphatic heterocycles. The van der Waals surface area contributed by atoms with Crippen LogP contribution in [-0.2, 0) is 6.18 Å². The topological polar surface area (TPSA) is 59.4 Å². The highest BCUT2D eigenvalue weighted by atomic mass is 35.5. The summed E-state index contributed by atoms with van der Waals surface area (Å²) in [5.41, 5.74) is 1.93. The third-order valence-corrected chi connectivity index (χ3v) is 4.06. The van der Waals surface area contributed by atoms with Crippen LogP contribution >= 0.6 is 11.6 Å². The van der Waals surface area contributed by atoms with E-state index in [4.69, 9.17) is 11.6 Å². The Labute approximate surface area is 144 Å². The Hall–Kier alpha value is -2.87. The largest absolute Gasteiger partial charge is 0.416 e. The fraction of sp³-hybridized carbons (Fsp3) is 0.0625. The predicted molar refractivity (Wildman–Crippen MR) is 86.5 cm³/mol. The molecule has 0 aliphatic rings. The van der Waals surface area contributed by atoms with E-state index >= 15 is 0 Å². The molecule has 0 spiro atoms. The third-order valence-electron chi connectivity index (χ3n) is 3.74. The first kappa shape index (κ1) is 15.6. The number of imidazole rings is 1. The Morgan fingerprint density at radius 2 is 1.92 bits per heavy atom. The highest BCUT2D eigenvalue weighted by Gasteiger charge is 2.31. The lowest BCUT2D eigenvalue weighted by Gasteiger charge is -2.11. The van der Waals surface area contributed by atoms with Crippen LogP contribution in [-0.4, -0.2) is 24.5 Å². The van der Waals surface area contributed by atoms with Gasteiger partial charge in [0.2, 0.25) is 0 Å². The van der Waals surface area contributed by atoms with E-state index in [0.717, 1.165) is 12.1 Å². The van der Waals surface area contributed by atoms with Crippen LogP contribution in [0.25, 0.3) is 28.1 Å². The summed E-state index contributed by atoms with van der Waals surface area (Å²) in [6.07, 6.45) is 1.73. The molecule has 4 aromatic rings. The van der Waals surface area contributed by atoms with Gasteiger partial charge in [-0.15, -0.1) is 0 Å². The van der Waals surface area contributed by atoms with E-state index < -0.39 is 11.7 Å². The van der Waals surface area contributed by atoms with Crippen LogP contribution in [0.2, 0.25) is 5.02 Å². The monoisotopic (exact) mass is 363 g/mol. The summed E-state index contributed by atoms with van der Waals surface area (Å²) < 4.78 is 40.4. The summed E-state index contributed by atoms with van der Waals surface area (Å²) in [6.45, 7) is 0. The number of nitrogens with zero attached hydrogens (tertiary/aromatic N) is 4. The zero-order valence-electron chi connectivity index (χ0n) is 12.4. The Morgan fingerprint density at radius 1 is 1.08 bits per heavy atom. The van der Waals surface area contributed by atoms with Gasteiger partial charge in [-0.05, 0) is 24.3 Å². The van der Waals surface area contributed by atoms with Gasteiger partial charge in [-0.25, -0.2) is 15.0 Å². The Bertz CT molecular complexity index is 1070. The molecule has 0 saturated carbocycles. The number of benzene rings is 1. The van der Waals surface area contributed by atoms with Gasteiger partial charge in [-0.2, -0.15) is 13.2 Å². The van der Waals surface area contributed by atoms with Crippen molar-refractivity contribution in [1.82, 2.24) is 24.5 Å². The summed E-state index contributed by atoms with van der Waals surface area (Å²) >= 11 is 6.08. The number of fused-ring (bicyclic) bond motifs is 1. The molecule has 0 aliphatic carbocycles. The quantitative estimate of drug-likeness (QED) is 0.571. The first-order chi connectivity index (χ1) is 11.9. The maximum absolute atomic E-state index is 12.9. The molecule has 0 amide bonds. The van der Waals surface area contributed by atoms with Crippen LogP contribution in [0.3, 0.4) is 0 Å². The fourth-order valence-electron chi connectivity index (χ4n) is 2.56. The number of aromatic nitrogens is 5. The number of aromatic amines is 1. The Morgan fingerprint density at radius 3 is 2.72 bits per heavy atom. The third kappa shape index (κ3) is 2.74. The van der Waals surface area contributed by atoms with Crippen molar-refractivity contribution in [3.8, 4) is 16.9 Å². The lowest BCUT2D eigenvalue weighted by atomic mass is 10.2. The molecule has 0 bridgehead atoms. The maximum atomic E-state index is 12.9. The first-order valence-electron chi connectivity index (χ1n) is 7.13. The van der Waals surface area contributed by atoms with Gasteiger partial charge in [-0.1, -0.05) is 11.6 Å². The van der Waals surface area contributed by atoms with Crippen molar-refractivity contribution >= 4 is 22.8 Å². The zero-order chi connectivity index (χ0) is 17.6. The van der Waals surface area contributed by atoms with Crippen molar-refractivity contribution in [3.63, 3.8) is 0 Å². The molecular formula is C16H9ClF3N5. The van der Waals surface area contributed by atoms with E-state index in [-0.39, 0.29) is 10.7 Å². The van der Waals surface area contributed by atoms with Crippen LogP contribution in [0.5, 0.6) is 0 Å². The summed E-state index contributed by atoms with van der Waals surface area (Å²) in [5, 5.41) is 0.213. The molecule has 1 aromatic carbocycles. The summed E-state index contributed by atoms with van der Waals surface area (Å²) in [7, 11) is 0. The molecular weight excluding hydrogens is 355 g/mol. The van der Waals surface area contributed by atoms with Crippen molar-refractivity contribution in [3.05, 3.63) is 59.9 Å². The van der Waals surface area contributed by atoms with E-state index in [9.17, 15) is 13.2 Å². The number of rotatable bonds is 2. The van der Waals surface area contributed by atoms with E-state index in [0.29, 0.717) is 22.4 Å². The average molecular weight is 364 g/mol. The zero-order valence-corrected chi connectivity index (χ0v) is 13.2. The van der Waals surface area contributed by atoms with Crippen molar-refractivity contribution < 1.29 is 13.2 Å². The molecule has 1 N–H and O–H groups in total. The number of hydrogen-bond acceptors (Lipinski definition) is 3. The Balaban J connectivity index is 1.81. The lowest BCUT2D eigenvalue weighted by Crippen LogP contribution is -2.06. The summed E-state index contributed by atoms with van der Waals surface area (Å²) in [6, 6.07) is 4.93. The van der Waals surface area contributed by atoms with Gasteiger partial charge in [0.15, 0.2) is 5.65 Å². The standard InChI is InChI=1S/C16H9ClF3N5/c17-11-2-1-10(16(18,19)20)5-12(11)25-4-3-9(6-25)13-14-15(23-7-21-13)24-8-22-14/h1-8H,(H,21,22,23,24). The van der Waals surface area contributed by atoms with Gasteiger partial charge < -0.3 is 9.55 Å². The van der Waals surface area contributed by atoms with Gasteiger partial charge in [0.25, 0.3) is 0 Å². The molecule has 5 nitrogen and oxygen atoms in total. The number of halogens is 4. The van der Waals surface area contributed by atoms with Crippen LogP contribution < -0.4 is 0 Å². The number of alkyl halides is 3. The van der Waals surface area contributed by atoms with Gasteiger partial charge in [0.05, 0.1) is 22.6 Å². The van der Waals surface area contributed by atoms with E-state index in [1.165, 1.54) is 23.3 Å². The molecule has 3 aromatic heterocycles. The Kier molecular flexibility index (Phi) is 3.50. The van der Waals surface area contributed by atoms with Crippen LogP contribution in [0.1, 0.15) is 5.56 Å². The van der Waals surface area contributed by atoms with Crippen molar-refractivity contribution in [1.29, 1.82) is 0 Å². The first-order valence-corrected chi connectivity index (χ1v) is 7.51. The molecule has 9 heteroatoms.